The summed E-state index contributed by atoms with van der Waals surface area (Å²) in [5.41, 5.74) is 2.86. The maximum atomic E-state index is 3.84. The van der Waals surface area contributed by atoms with Gasteiger partial charge >= 0.3 is 0 Å². The fourth-order valence-electron chi connectivity index (χ4n) is 4.96. The van der Waals surface area contributed by atoms with E-state index >= 15 is 0 Å². The standard InChI is InChI=1S/C20H28N2/c1-3-7-17-15(5-1)11-13-21-19(17)9-10-20-18-8-4-2-6-16(18)12-14-22-20/h1,3,5,7,11,13,16,18-22H,2,4,6,8-10,12,14H2. The van der Waals surface area contributed by atoms with Crippen LogP contribution in [0, 0.1) is 11.8 Å². The van der Waals surface area contributed by atoms with Crippen molar-refractivity contribution in [2.45, 2.75) is 57.0 Å². The summed E-state index contributed by atoms with van der Waals surface area (Å²) in [6, 6.07) is 10.1. The van der Waals surface area contributed by atoms with Gasteiger partial charge in [-0.25, -0.2) is 0 Å². The highest BCUT2D eigenvalue weighted by Gasteiger charge is 2.34. The molecule has 3 aliphatic rings. The lowest BCUT2D eigenvalue weighted by molar-refractivity contribution is 0.125. The van der Waals surface area contributed by atoms with Gasteiger partial charge in [-0.3, -0.25) is 0 Å². The lowest BCUT2D eigenvalue weighted by Crippen LogP contribution is -2.47. The molecule has 4 unspecified atom stereocenters. The number of fused-ring (bicyclic) bond motifs is 2. The Labute approximate surface area is 134 Å². The number of hydrogen-bond acceptors (Lipinski definition) is 2. The van der Waals surface area contributed by atoms with E-state index in [0.29, 0.717) is 6.04 Å². The highest BCUT2D eigenvalue weighted by molar-refractivity contribution is 5.56. The third-order valence-electron chi connectivity index (χ3n) is 6.10. The van der Waals surface area contributed by atoms with E-state index in [1.54, 1.807) is 0 Å². The first-order valence-corrected chi connectivity index (χ1v) is 9.17. The van der Waals surface area contributed by atoms with Gasteiger partial charge < -0.3 is 10.6 Å². The van der Waals surface area contributed by atoms with Crippen LogP contribution in [0.25, 0.3) is 6.08 Å². The summed E-state index contributed by atoms with van der Waals surface area (Å²) in [4.78, 5) is 0. The average Bonchev–Trinajstić information content (AvgIpc) is 2.60. The summed E-state index contributed by atoms with van der Waals surface area (Å²) in [5.74, 6) is 1.95. The van der Waals surface area contributed by atoms with Crippen LogP contribution in [0.1, 0.15) is 62.1 Å². The van der Waals surface area contributed by atoms with Crippen LogP contribution >= 0.6 is 0 Å². The van der Waals surface area contributed by atoms with Gasteiger partial charge in [-0.15, -0.1) is 0 Å². The van der Waals surface area contributed by atoms with E-state index in [4.69, 9.17) is 0 Å². The minimum absolute atomic E-state index is 0.493. The molecule has 1 saturated carbocycles. The van der Waals surface area contributed by atoms with Gasteiger partial charge in [-0.2, -0.15) is 0 Å². The summed E-state index contributed by atoms with van der Waals surface area (Å²) in [7, 11) is 0. The van der Waals surface area contributed by atoms with Gasteiger partial charge in [0.1, 0.15) is 0 Å². The summed E-state index contributed by atoms with van der Waals surface area (Å²) in [6.45, 7) is 1.24. The molecule has 4 atom stereocenters. The Balaban J connectivity index is 1.41. The van der Waals surface area contributed by atoms with Gasteiger partial charge in [-0.1, -0.05) is 43.5 Å². The van der Waals surface area contributed by atoms with Crippen LogP contribution < -0.4 is 10.6 Å². The van der Waals surface area contributed by atoms with E-state index < -0.39 is 0 Å². The summed E-state index contributed by atoms with van der Waals surface area (Å²) >= 11 is 0. The van der Waals surface area contributed by atoms with Gasteiger partial charge in [0.15, 0.2) is 0 Å². The molecule has 118 valence electrons. The monoisotopic (exact) mass is 296 g/mol. The normalized spacial score (nSPS) is 33.6. The highest BCUT2D eigenvalue weighted by Crippen LogP contribution is 2.39. The van der Waals surface area contributed by atoms with Crippen molar-refractivity contribution in [2.75, 3.05) is 6.54 Å². The Morgan fingerprint density at radius 3 is 2.91 bits per heavy atom. The zero-order valence-electron chi connectivity index (χ0n) is 13.4. The molecule has 0 radical (unpaired) electrons. The van der Waals surface area contributed by atoms with Crippen LogP contribution in [0.15, 0.2) is 30.5 Å². The van der Waals surface area contributed by atoms with E-state index in [1.807, 2.05) is 0 Å². The smallest absolute Gasteiger partial charge is 0.0514 e. The van der Waals surface area contributed by atoms with E-state index in [2.05, 4.69) is 47.2 Å². The second-order valence-corrected chi connectivity index (χ2v) is 7.32. The van der Waals surface area contributed by atoms with Gasteiger partial charge in [0.25, 0.3) is 0 Å². The van der Waals surface area contributed by atoms with Crippen LogP contribution in [0.2, 0.25) is 0 Å². The van der Waals surface area contributed by atoms with E-state index in [0.717, 1.165) is 17.9 Å². The Morgan fingerprint density at radius 2 is 1.91 bits per heavy atom. The van der Waals surface area contributed by atoms with Crippen molar-refractivity contribution in [2.24, 2.45) is 11.8 Å². The lowest BCUT2D eigenvalue weighted by Gasteiger charge is -2.42. The predicted octanol–water partition coefficient (Wildman–Crippen LogP) is 4.25. The van der Waals surface area contributed by atoms with Crippen molar-refractivity contribution in [3.63, 3.8) is 0 Å². The molecule has 2 N–H and O–H groups in total. The fraction of sp³-hybridized carbons (Fsp3) is 0.600. The third kappa shape index (κ3) is 2.81. The van der Waals surface area contributed by atoms with Crippen molar-refractivity contribution in [3.05, 3.63) is 41.6 Å². The summed E-state index contributed by atoms with van der Waals surface area (Å²) in [5, 5.41) is 7.41. The minimum atomic E-state index is 0.493. The zero-order chi connectivity index (χ0) is 14.8. The van der Waals surface area contributed by atoms with E-state index in [1.165, 1.54) is 62.6 Å². The Bertz CT molecular complexity index is 534. The molecule has 1 aromatic carbocycles. The Kier molecular flexibility index (Phi) is 4.20. The highest BCUT2D eigenvalue weighted by atomic mass is 14.9. The first-order chi connectivity index (χ1) is 10.9. The SMILES string of the molecule is C1=Cc2ccccc2C(CCC2NCCC3CCCCC32)N1. The maximum Gasteiger partial charge on any atom is 0.0514 e. The lowest BCUT2D eigenvalue weighted by atomic mass is 9.70. The largest absolute Gasteiger partial charge is 0.384 e. The summed E-state index contributed by atoms with van der Waals surface area (Å²) < 4.78 is 0. The van der Waals surface area contributed by atoms with Crippen LogP contribution in [-0.2, 0) is 0 Å². The maximum absolute atomic E-state index is 3.84. The van der Waals surface area contributed by atoms with Gasteiger partial charge in [0.2, 0.25) is 0 Å². The van der Waals surface area contributed by atoms with Crippen LogP contribution in [0.5, 0.6) is 0 Å². The second kappa shape index (κ2) is 6.45. The van der Waals surface area contributed by atoms with Crippen molar-refractivity contribution < 1.29 is 0 Å². The van der Waals surface area contributed by atoms with Crippen LogP contribution in [-0.4, -0.2) is 12.6 Å². The van der Waals surface area contributed by atoms with E-state index in [-0.39, 0.29) is 0 Å². The minimum Gasteiger partial charge on any atom is -0.384 e. The third-order valence-corrected chi connectivity index (χ3v) is 6.10. The van der Waals surface area contributed by atoms with Crippen molar-refractivity contribution in [3.8, 4) is 0 Å². The molecule has 1 aliphatic carbocycles. The Hall–Kier alpha value is -1.28. The average molecular weight is 296 g/mol. The van der Waals surface area contributed by atoms with Crippen molar-refractivity contribution in [1.82, 2.24) is 10.6 Å². The number of nitrogens with one attached hydrogen (secondary N) is 2. The second-order valence-electron chi connectivity index (χ2n) is 7.32. The number of rotatable bonds is 3. The molecule has 22 heavy (non-hydrogen) atoms. The predicted molar refractivity (Wildman–Crippen MR) is 92.4 cm³/mol. The molecule has 1 saturated heterocycles. The zero-order valence-corrected chi connectivity index (χ0v) is 13.4. The molecule has 2 aliphatic heterocycles. The first-order valence-electron chi connectivity index (χ1n) is 9.17. The molecular weight excluding hydrogens is 268 g/mol. The number of piperidine rings is 1. The van der Waals surface area contributed by atoms with Crippen molar-refractivity contribution in [1.29, 1.82) is 0 Å². The van der Waals surface area contributed by atoms with Crippen LogP contribution in [0.4, 0.5) is 0 Å². The quantitative estimate of drug-likeness (QED) is 0.871. The van der Waals surface area contributed by atoms with E-state index in [9.17, 15) is 0 Å². The molecule has 0 amide bonds. The van der Waals surface area contributed by atoms with Gasteiger partial charge in [-0.05, 0) is 67.5 Å². The molecule has 0 aromatic heterocycles. The first kappa shape index (κ1) is 14.3. The van der Waals surface area contributed by atoms with Crippen LogP contribution in [0.3, 0.4) is 0 Å². The molecule has 2 heterocycles. The molecule has 2 nitrogen and oxygen atoms in total. The van der Waals surface area contributed by atoms with Gasteiger partial charge in [0.05, 0.1) is 6.04 Å². The molecule has 2 heteroatoms. The molecule has 0 spiro atoms. The Morgan fingerprint density at radius 1 is 1.00 bits per heavy atom. The number of benzene rings is 1. The molecule has 1 aromatic rings. The topological polar surface area (TPSA) is 24.1 Å². The summed E-state index contributed by atoms with van der Waals surface area (Å²) in [6.07, 6.45) is 14.1. The molecule has 0 bridgehead atoms. The number of hydrogen-bond donors (Lipinski definition) is 2. The van der Waals surface area contributed by atoms with Crippen molar-refractivity contribution >= 4 is 6.08 Å². The van der Waals surface area contributed by atoms with Gasteiger partial charge in [0, 0.05) is 6.04 Å². The molecular formula is C20H28N2. The molecule has 4 rings (SSSR count). The fourth-order valence-corrected chi connectivity index (χ4v) is 4.96. The molecule has 2 fully saturated rings.